The molecule has 0 saturated heterocycles. The summed E-state index contributed by atoms with van der Waals surface area (Å²) in [5.41, 5.74) is 2.63. The first-order valence-corrected chi connectivity index (χ1v) is 7.52. The second-order valence-electron chi connectivity index (χ2n) is 5.67. The van der Waals surface area contributed by atoms with Crippen molar-refractivity contribution >= 4 is 5.82 Å². The minimum Gasteiger partial charge on any atom is -0.496 e. The van der Waals surface area contributed by atoms with Gasteiger partial charge in [-0.1, -0.05) is 0 Å². The molecule has 1 aromatic heterocycles. The Labute approximate surface area is 135 Å². The average Bonchev–Trinajstić information content (AvgIpc) is 2.52. The number of methoxy groups -OCH3 is 2. The number of hydrogen-bond acceptors (Lipinski definition) is 6. The number of rotatable bonds is 3. The monoisotopic (exact) mass is 315 g/mol. The van der Waals surface area contributed by atoms with Crippen molar-refractivity contribution < 1.29 is 14.6 Å². The van der Waals surface area contributed by atoms with E-state index in [0.29, 0.717) is 18.8 Å². The number of nitrogens with zero attached hydrogens (tertiary/aromatic N) is 3. The number of aromatic nitrogens is 2. The van der Waals surface area contributed by atoms with Crippen LogP contribution in [-0.4, -0.2) is 35.8 Å². The first-order valence-electron chi connectivity index (χ1n) is 7.52. The molecule has 1 aliphatic rings. The molecule has 0 radical (unpaired) electrons. The molecule has 0 bridgehead atoms. The van der Waals surface area contributed by atoms with Gasteiger partial charge in [0, 0.05) is 29.4 Å². The Morgan fingerprint density at radius 2 is 1.83 bits per heavy atom. The Hall–Kier alpha value is -2.34. The van der Waals surface area contributed by atoms with Gasteiger partial charge < -0.3 is 19.5 Å². The van der Waals surface area contributed by atoms with Crippen molar-refractivity contribution in [1.82, 2.24) is 9.97 Å². The Kier molecular flexibility index (Phi) is 4.09. The molecule has 1 N–H and O–H groups in total. The smallest absolute Gasteiger partial charge is 0.132 e. The van der Waals surface area contributed by atoms with Crippen LogP contribution in [0.25, 0.3) is 0 Å². The lowest BCUT2D eigenvalue weighted by Gasteiger charge is -2.34. The fraction of sp³-hybridized carbons (Fsp3) is 0.412. The molecule has 1 aromatic carbocycles. The summed E-state index contributed by atoms with van der Waals surface area (Å²) < 4.78 is 10.9. The van der Waals surface area contributed by atoms with Gasteiger partial charge in [-0.15, -0.1) is 0 Å². The lowest BCUT2D eigenvalue weighted by Crippen LogP contribution is -2.35. The van der Waals surface area contributed by atoms with Crippen LogP contribution in [0.5, 0.6) is 11.5 Å². The number of anilines is 1. The number of benzene rings is 1. The van der Waals surface area contributed by atoms with Gasteiger partial charge >= 0.3 is 0 Å². The number of aryl methyl sites for hydroxylation is 2. The van der Waals surface area contributed by atoms with Crippen LogP contribution < -0.4 is 14.4 Å². The molecular formula is C17H21N3O3. The third-order valence-corrected chi connectivity index (χ3v) is 4.07. The first-order chi connectivity index (χ1) is 11.0. The maximum absolute atomic E-state index is 10.6. The number of hydrogen-bond donors (Lipinski definition) is 1. The van der Waals surface area contributed by atoms with Crippen molar-refractivity contribution in [2.24, 2.45) is 0 Å². The summed E-state index contributed by atoms with van der Waals surface area (Å²) in [6, 6.07) is 5.62. The van der Waals surface area contributed by atoms with Crippen LogP contribution in [0.2, 0.25) is 0 Å². The van der Waals surface area contributed by atoms with Gasteiger partial charge in [-0.3, -0.25) is 0 Å². The van der Waals surface area contributed by atoms with Gasteiger partial charge in [0.05, 0.1) is 20.8 Å². The molecule has 0 fully saturated rings. The van der Waals surface area contributed by atoms with E-state index in [1.807, 2.05) is 36.9 Å². The van der Waals surface area contributed by atoms with E-state index < -0.39 is 6.10 Å². The molecule has 2 aromatic rings. The van der Waals surface area contributed by atoms with Gasteiger partial charge in [0.1, 0.15) is 29.2 Å². The average molecular weight is 315 g/mol. The fourth-order valence-corrected chi connectivity index (χ4v) is 3.11. The third-order valence-electron chi connectivity index (χ3n) is 4.07. The topological polar surface area (TPSA) is 67.7 Å². The zero-order valence-corrected chi connectivity index (χ0v) is 13.8. The largest absolute Gasteiger partial charge is 0.496 e. The van der Waals surface area contributed by atoms with E-state index in [-0.39, 0.29) is 0 Å². The summed E-state index contributed by atoms with van der Waals surface area (Å²) >= 11 is 0. The van der Waals surface area contributed by atoms with E-state index >= 15 is 0 Å². The molecule has 122 valence electrons. The summed E-state index contributed by atoms with van der Waals surface area (Å²) in [6.45, 7) is 4.86. The SMILES string of the molecule is COc1ccc(OC)c2c1CN(c1cc(C)nc(C)n1)CC2O. The lowest BCUT2D eigenvalue weighted by molar-refractivity contribution is 0.169. The van der Waals surface area contributed by atoms with Gasteiger partial charge in [0.2, 0.25) is 0 Å². The number of fused-ring (bicyclic) bond motifs is 1. The van der Waals surface area contributed by atoms with E-state index in [2.05, 4.69) is 9.97 Å². The summed E-state index contributed by atoms with van der Waals surface area (Å²) in [5, 5.41) is 10.6. The third kappa shape index (κ3) is 2.82. The minimum atomic E-state index is -0.667. The van der Waals surface area contributed by atoms with Crippen molar-refractivity contribution in [1.29, 1.82) is 0 Å². The van der Waals surface area contributed by atoms with Gasteiger partial charge in [-0.05, 0) is 26.0 Å². The number of aliphatic hydroxyl groups is 1. The lowest BCUT2D eigenvalue weighted by atomic mass is 9.95. The molecule has 23 heavy (non-hydrogen) atoms. The highest BCUT2D eigenvalue weighted by Gasteiger charge is 2.30. The summed E-state index contributed by atoms with van der Waals surface area (Å²) in [7, 11) is 3.24. The van der Waals surface area contributed by atoms with Crippen LogP contribution in [0.1, 0.15) is 28.7 Å². The van der Waals surface area contributed by atoms with Crippen molar-refractivity contribution in [3.8, 4) is 11.5 Å². The van der Waals surface area contributed by atoms with Crippen molar-refractivity contribution in [2.75, 3.05) is 25.7 Å². The summed E-state index contributed by atoms with van der Waals surface area (Å²) in [5.74, 6) is 2.96. The van der Waals surface area contributed by atoms with Crippen LogP contribution in [-0.2, 0) is 6.54 Å². The molecule has 0 aliphatic carbocycles. The molecule has 0 saturated carbocycles. The molecule has 2 heterocycles. The number of β-amino-alcohol motifs (C(OH)–C–C–N with tert-alkyl or cyclic N) is 1. The highest BCUT2D eigenvalue weighted by atomic mass is 16.5. The van der Waals surface area contributed by atoms with E-state index in [4.69, 9.17) is 9.47 Å². The molecule has 1 aliphatic heterocycles. The van der Waals surface area contributed by atoms with Crippen LogP contribution >= 0.6 is 0 Å². The number of ether oxygens (including phenoxy) is 2. The summed E-state index contributed by atoms with van der Waals surface area (Å²) in [4.78, 5) is 10.8. The van der Waals surface area contributed by atoms with E-state index in [1.54, 1.807) is 14.2 Å². The molecule has 0 amide bonds. The van der Waals surface area contributed by atoms with Crippen LogP contribution in [0.3, 0.4) is 0 Å². The maximum Gasteiger partial charge on any atom is 0.132 e. The van der Waals surface area contributed by atoms with E-state index in [9.17, 15) is 5.11 Å². The Balaban J connectivity index is 2.06. The Morgan fingerprint density at radius 1 is 1.13 bits per heavy atom. The Morgan fingerprint density at radius 3 is 2.48 bits per heavy atom. The maximum atomic E-state index is 10.6. The Bertz CT molecular complexity index is 713. The van der Waals surface area contributed by atoms with Crippen LogP contribution in [0.15, 0.2) is 18.2 Å². The molecule has 1 unspecified atom stereocenters. The van der Waals surface area contributed by atoms with Crippen molar-refractivity contribution in [2.45, 2.75) is 26.5 Å². The highest BCUT2D eigenvalue weighted by Crippen LogP contribution is 2.40. The summed E-state index contributed by atoms with van der Waals surface area (Å²) in [6.07, 6.45) is -0.667. The second-order valence-corrected chi connectivity index (χ2v) is 5.67. The zero-order chi connectivity index (χ0) is 16.6. The normalized spacial score (nSPS) is 16.9. The zero-order valence-electron chi connectivity index (χ0n) is 13.8. The minimum absolute atomic E-state index is 0.451. The molecular weight excluding hydrogens is 294 g/mol. The van der Waals surface area contributed by atoms with Gasteiger partial charge in [0.25, 0.3) is 0 Å². The molecule has 3 rings (SSSR count). The van der Waals surface area contributed by atoms with Gasteiger partial charge in [0.15, 0.2) is 0 Å². The van der Waals surface area contributed by atoms with Gasteiger partial charge in [-0.25, -0.2) is 9.97 Å². The molecule has 6 nitrogen and oxygen atoms in total. The van der Waals surface area contributed by atoms with Crippen molar-refractivity contribution in [3.63, 3.8) is 0 Å². The van der Waals surface area contributed by atoms with Crippen LogP contribution in [0.4, 0.5) is 5.82 Å². The predicted molar refractivity (Wildman–Crippen MR) is 87.1 cm³/mol. The molecule has 1 atom stereocenters. The molecule has 0 spiro atoms. The van der Waals surface area contributed by atoms with E-state index in [0.717, 1.165) is 34.2 Å². The predicted octanol–water partition coefficient (Wildman–Crippen LogP) is 2.16. The van der Waals surface area contributed by atoms with Gasteiger partial charge in [-0.2, -0.15) is 0 Å². The molecule has 6 heteroatoms. The standard InChI is InChI=1S/C17H21N3O3/c1-10-7-16(19-11(2)18-10)20-8-12-14(22-3)5-6-15(23-4)17(12)13(21)9-20/h5-7,13,21H,8-9H2,1-4H3. The van der Waals surface area contributed by atoms with Crippen LogP contribution in [0, 0.1) is 13.8 Å². The first kappa shape index (κ1) is 15.6. The second kappa shape index (κ2) is 6.04. The quantitative estimate of drug-likeness (QED) is 0.936. The van der Waals surface area contributed by atoms with Crippen molar-refractivity contribution in [3.05, 3.63) is 40.8 Å². The highest BCUT2D eigenvalue weighted by molar-refractivity contribution is 5.55. The van der Waals surface area contributed by atoms with E-state index in [1.165, 1.54) is 0 Å². The number of aliphatic hydroxyl groups excluding tert-OH is 1. The fourth-order valence-electron chi connectivity index (χ4n) is 3.11.